The van der Waals surface area contributed by atoms with Crippen LogP contribution in [-0.2, 0) is 28.7 Å². The van der Waals surface area contributed by atoms with E-state index < -0.39 is 36.4 Å². The normalized spacial score (nSPS) is 15.5. The number of methoxy groups -OCH3 is 1. The van der Waals surface area contributed by atoms with Gasteiger partial charge in [-0.15, -0.1) is 0 Å². The Morgan fingerprint density at radius 2 is 0.717 bits per heavy atom. The summed E-state index contributed by atoms with van der Waals surface area (Å²) in [7, 11) is 1.73. The summed E-state index contributed by atoms with van der Waals surface area (Å²) < 4.78 is 85.8. The summed E-state index contributed by atoms with van der Waals surface area (Å²) in [6, 6.07) is 56.9. The number of unbranched alkanes of at least 4 members (excludes halogenated alkanes) is 9. The number of carbonyl (C=O) groups excluding carboxylic acids is 3. The summed E-state index contributed by atoms with van der Waals surface area (Å²) in [5.41, 5.74) is 11.9. The van der Waals surface area contributed by atoms with E-state index in [0.717, 1.165) is 211 Å². The minimum absolute atomic E-state index is 0.293. The molecule has 3 atom stereocenters. The van der Waals surface area contributed by atoms with Gasteiger partial charge in [0.25, 0.3) is 0 Å². The van der Waals surface area contributed by atoms with E-state index in [1.54, 1.807) is 21.8 Å². The Labute approximate surface area is 755 Å². The van der Waals surface area contributed by atoms with E-state index in [4.69, 9.17) is 72.7 Å². The van der Waals surface area contributed by atoms with Crippen molar-refractivity contribution in [2.24, 2.45) is 0 Å². The van der Waals surface area contributed by atoms with E-state index in [-0.39, 0.29) is 17.5 Å². The number of H-pyrrole nitrogens is 3. The van der Waals surface area contributed by atoms with Crippen LogP contribution < -0.4 is 39.1 Å². The van der Waals surface area contributed by atoms with Crippen LogP contribution in [0.15, 0.2) is 200 Å². The molecule has 3 aromatic heterocycles. The molecule has 0 saturated carbocycles. The molecule has 4 aliphatic heterocycles. The lowest BCUT2D eigenvalue weighted by molar-refractivity contribution is 0.0371. The number of nitrogens with zero attached hydrogens (tertiary/aromatic N) is 4. The van der Waals surface area contributed by atoms with Crippen molar-refractivity contribution < 1.29 is 65.4 Å². The fourth-order valence-corrected chi connectivity index (χ4v) is 17.5. The number of amides is 3. The average molecular weight is 1790 g/mol. The number of nitrogens with one attached hydrogen (secondary N) is 5. The van der Waals surface area contributed by atoms with Crippen LogP contribution >= 0.6 is 34.8 Å². The maximum Gasteiger partial charge on any atom is 0.416 e. The van der Waals surface area contributed by atoms with E-state index in [1.165, 1.54) is 105 Å². The smallest absolute Gasteiger partial charge is 0.416 e. The highest BCUT2D eigenvalue weighted by Gasteiger charge is 2.40. The van der Waals surface area contributed by atoms with Gasteiger partial charge >= 0.3 is 18.3 Å². The molecule has 16 rings (SSSR count). The highest BCUT2D eigenvalue weighted by atomic mass is 35.5. The van der Waals surface area contributed by atoms with Crippen molar-refractivity contribution in [2.45, 2.75) is 141 Å². The molecule has 0 spiro atoms. The van der Waals surface area contributed by atoms with Gasteiger partial charge < -0.3 is 63.5 Å². The molecule has 127 heavy (non-hydrogen) atoms. The lowest BCUT2D eigenvalue weighted by atomic mass is 9.92. The zero-order chi connectivity index (χ0) is 88.4. The Bertz CT molecular complexity index is 5520. The third kappa shape index (κ3) is 25.4. The predicted molar refractivity (Wildman–Crippen MR) is 495 cm³/mol. The number of rotatable bonds is 35. The fourth-order valence-electron chi connectivity index (χ4n) is 17.0. The molecule has 4 aliphatic rings. The molecule has 0 aliphatic carbocycles. The molecule has 0 bridgehead atoms. The summed E-state index contributed by atoms with van der Waals surface area (Å²) in [6.45, 7) is 16.5. The summed E-state index contributed by atoms with van der Waals surface area (Å²) in [5.74, 6) is 2.12. The maximum absolute atomic E-state index is 13.5. The first-order valence-electron chi connectivity index (χ1n) is 44.5. The van der Waals surface area contributed by atoms with Gasteiger partial charge in [-0.1, -0.05) is 124 Å². The SMILES string of the molecule is CC(C)NCCCCCCOc1ccc(C2c3[nH]c4ccc(Cl)cc4c3CCN2C(=O)Oc2ccc(F)cc2)cc1.COCCCNCCCCCCOc1ccc(C2c3[nH]c4ccc(Cl)cc4c3CCN2C(=O)Oc2ccc(F)cc2)cc1.O=C(Oc1ccc(F)cc1)N1CCc2c([nH]c3ccc(Cl)cc23)C1c1ccc(OCCCCCCN2CCOCC2)cc1. The standard InChI is InChI=1S/C34H37ClFN3O4.C34H39ClFN3O4.C33H37ClFN3O3/c35-25-7-14-31-30(23-25)29-15-17-39(34(40)43-28-12-8-26(36)9-13-28)33(32(29)37-31)24-5-10-27(11-6-24)42-20-4-2-1-3-16-38-18-21-41-22-19-38;1-41-21-6-19-37-18-4-2-3-5-22-42-27-12-7-24(8-13-27)33-32-29(30-23-25(35)9-16-31(30)38-32)17-20-39(33)34(40)43-28-14-10-26(36)11-15-28;1-22(2)36-18-5-3-4-6-20-40-26-12-7-23(8-13-26)32-31-28(29-21-24(34)9-16-30(29)37-31)17-19-38(32)33(39)41-27-14-10-25(35)11-15-27/h5-14,23,33,37H,1-4,15-22H2;7-16,23,33,37-38H,2-6,17-22H2,1H3;7-16,21-22,32,36-37H,3-6,17-20H2,1-2H3. The Morgan fingerprint density at radius 1 is 0.394 bits per heavy atom. The van der Waals surface area contributed by atoms with E-state index in [1.807, 2.05) is 127 Å². The summed E-state index contributed by atoms with van der Waals surface area (Å²) in [5, 5.41) is 12.1. The lowest BCUT2D eigenvalue weighted by Gasteiger charge is -2.35. The number of ether oxygens (including phenoxy) is 8. The Kier molecular flexibility index (Phi) is 33.7. The molecule has 7 heterocycles. The van der Waals surface area contributed by atoms with Crippen LogP contribution in [0.25, 0.3) is 32.7 Å². The quantitative estimate of drug-likeness (QED) is 0.0234. The topological polar surface area (TPSA) is 209 Å². The second-order valence-corrected chi connectivity index (χ2v) is 34.1. The number of fused-ring (bicyclic) bond motifs is 9. The van der Waals surface area contributed by atoms with Crippen molar-refractivity contribution in [3.63, 3.8) is 0 Å². The van der Waals surface area contributed by atoms with Crippen LogP contribution in [0.4, 0.5) is 27.6 Å². The van der Waals surface area contributed by atoms with Gasteiger partial charge in [0.05, 0.1) is 33.0 Å². The predicted octanol–water partition coefficient (Wildman–Crippen LogP) is 23.1. The summed E-state index contributed by atoms with van der Waals surface area (Å²) in [4.78, 5) is 58.6. The van der Waals surface area contributed by atoms with Gasteiger partial charge in [0, 0.05) is 117 Å². The minimum Gasteiger partial charge on any atom is -0.494 e. The van der Waals surface area contributed by atoms with E-state index in [9.17, 15) is 27.6 Å². The number of aromatic amines is 3. The van der Waals surface area contributed by atoms with Crippen LogP contribution in [0.2, 0.25) is 15.1 Å². The van der Waals surface area contributed by atoms with Gasteiger partial charge in [0.15, 0.2) is 0 Å². The van der Waals surface area contributed by atoms with Crippen molar-refractivity contribution in [3.05, 3.63) is 283 Å². The Hall–Kier alpha value is -10.7. The Balaban J connectivity index is 0.000000154. The van der Waals surface area contributed by atoms with Gasteiger partial charge in [-0.2, -0.15) is 0 Å². The molecule has 12 aromatic rings. The van der Waals surface area contributed by atoms with Crippen LogP contribution in [0, 0.1) is 17.5 Å². The molecule has 5 N–H and O–H groups in total. The van der Waals surface area contributed by atoms with Crippen LogP contribution in [0.5, 0.6) is 34.5 Å². The molecule has 3 amide bonds. The molecular formula is C101H113Cl3F3N9O11. The van der Waals surface area contributed by atoms with Crippen molar-refractivity contribution in [1.82, 2.24) is 45.2 Å². The van der Waals surface area contributed by atoms with Crippen LogP contribution in [0.1, 0.15) is 166 Å². The van der Waals surface area contributed by atoms with Gasteiger partial charge in [-0.3, -0.25) is 19.6 Å². The molecule has 26 heteroatoms. The molecule has 0 radical (unpaired) electrons. The number of aromatic nitrogens is 3. The number of carbonyl (C=O) groups is 3. The number of hydrogen-bond acceptors (Lipinski definition) is 14. The highest BCUT2D eigenvalue weighted by Crippen LogP contribution is 2.44. The zero-order valence-electron chi connectivity index (χ0n) is 72.3. The van der Waals surface area contributed by atoms with Gasteiger partial charge in [0.1, 0.15) is 70.1 Å². The molecular weight excluding hydrogens is 1680 g/mol. The number of morpholine rings is 1. The van der Waals surface area contributed by atoms with Gasteiger partial charge in [-0.25, -0.2) is 27.6 Å². The van der Waals surface area contributed by atoms with E-state index in [0.29, 0.717) is 97.1 Å². The second-order valence-electron chi connectivity index (χ2n) is 32.8. The van der Waals surface area contributed by atoms with Crippen LogP contribution in [-0.4, -0.2) is 165 Å². The first-order chi connectivity index (χ1) is 62.0. The molecule has 670 valence electrons. The average Bonchev–Trinajstić information content (AvgIpc) is 1.62. The van der Waals surface area contributed by atoms with E-state index >= 15 is 0 Å². The molecule has 3 unspecified atom stereocenters. The van der Waals surface area contributed by atoms with Crippen molar-refractivity contribution in [3.8, 4) is 34.5 Å². The third-order valence-electron chi connectivity index (χ3n) is 23.5. The summed E-state index contributed by atoms with van der Waals surface area (Å²) >= 11 is 19.0. The number of halogens is 6. The fraction of sp³-hybridized carbons (Fsp3) is 0.376. The maximum atomic E-state index is 13.5. The Morgan fingerprint density at radius 3 is 1.06 bits per heavy atom. The largest absolute Gasteiger partial charge is 0.494 e. The van der Waals surface area contributed by atoms with Crippen molar-refractivity contribution in [2.75, 3.05) is 106 Å². The first-order valence-corrected chi connectivity index (χ1v) is 45.6. The van der Waals surface area contributed by atoms with Gasteiger partial charge in [0.2, 0.25) is 0 Å². The highest BCUT2D eigenvalue weighted by molar-refractivity contribution is 6.32. The lowest BCUT2D eigenvalue weighted by Crippen LogP contribution is -2.42. The minimum atomic E-state index is -0.496. The van der Waals surface area contributed by atoms with Crippen molar-refractivity contribution in [1.29, 1.82) is 0 Å². The third-order valence-corrected chi connectivity index (χ3v) is 24.2. The van der Waals surface area contributed by atoms with Crippen LogP contribution in [0.3, 0.4) is 0 Å². The monoisotopic (exact) mass is 1790 g/mol. The number of hydrogen-bond donors (Lipinski definition) is 5. The molecule has 1 fully saturated rings. The van der Waals surface area contributed by atoms with Crippen molar-refractivity contribution >= 4 is 85.8 Å². The van der Waals surface area contributed by atoms with Gasteiger partial charge in [-0.05, 0) is 288 Å². The molecule has 1 saturated heterocycles. The second kappa shape index (κ2) is 46.3. The number of benzene rings is 9. The van der Waals surface area contributed by atoms with E-state index in [2.05, 4.69) is 44.3 Å². The molecule has 9 aromatic carbocycles. The summed E-state index contributed by atoms with van der Waals surface area (Å²) in [6.07, 6.45) is 15.0. The zero-order valence-corrected chi connectivity index (χ0v) is 74.6. The molecule has 20 nitrogen and oxygen atoms in total. The first kappa shape index (κ1) is 92.4.